The number of benzene rings is 2. The maximum absolute atomic E-state index is 13.3. The zero-order chi connectivity index (χ0) is 15.8. The van der Waals surface area contributed by atoms with E-state index in [1.807, 2.05) is 0 Å². The molecule has 0 heterocycles. The van der Waals surface area contributed by atoms with Crippen LogP contribution in [0.5, 0.6) is 0 Å². The van der Waals surface area contributed by atoms with Crippen molar-refractivity contribution >= 4 is 60.5 Å². The molecule has 0 aliphatic carbocycles. The summed E-state index contributed by atoms with van der Waals surface area (Å²) < 4.78 is 40.4. The van der Waals surface area contributed by atoms with Gasteiger partial charge in [0.2, 0.25) is 0 Å². The monoisotopic (exact) mass is 412 g/mol. The van der Waals surface area contributed by atoms with Crippen molar-refractivity contribution in [2.45, 2.75) is 4.90 Å². The Morgan fingerprint density at radius 3 is 2.43 bits per heavy atom. The third-order valence-electron chi connectivity index (χ3n) is 2.48. The summed E-state index contributed by atoms with van der Waals surface area (Å²) >= 11 is 15.0. The molecule has 112 valence electrons. The number of anilines is 2. The lowest BCUT2D eigenvalue weighted by Crippen LogP contribution is -2.14. The largest absolute Gasteiger partial charge is 0.399 e. The van der Waals surface area contributed by atoms with Crippen molar-refractivity contribution in [2.75, 3.05) is 10.5 Å². The van der Waals surface area contributed by atoms with Gasteiger partial charge >= 0.3 is 0 Å². The summed E-state index contributed by atoms with van der Waals surface area (Å²) in [5.74, 6) is -0.754. The van der Waals surface area contributed by atoms with Crippen LogP contribution in [0.25, 0.3) is 0 Å². The van der Waals surface area contributed by atoms with E-state index in [1.54, 1.807) is 0 Å². The van der Waals surface area contributed by atoms with Gasteiger partial charge in [-0.3, -0.25) is 4.72 Å². The standard InChI is InChI=1S/C12H8BrCl2FN2O2S/c13-9-1-2-10(12(15)11(9)14)18-21(19,20)8-4-6(16)3-7(17)5-8/h1-5,18H,17H2. The van der Waals surface area contributed by atoms with Gasteiger partial charge in [0.05, 0.1) is 20.6 Å². The van der Waals surface area contributed by atoms with E-state index in [2.05, 4.69) is 20.7 Å². The van der Waals surface area contributed by atoms with E-state index >= 15 is 0 Å². The van der Waals surface area contributed by atoms with E-state index in [0.29, 0.717) is 4.47 Å². The number of hydrogen-bond donors (Lipinski definition) is 2. The highest BCUT2D eigenvalue weighted by atomic mass is 79.9. The molecule has 3 N–H and O–H groups in total. The Morgan fingerprint density at radius 2 is 1.81 bits per heavy atom. The zero-order valence-corrected chi connectivity index (χ0v) is 14.1. The van der Waals surface area contributed by atoms with E-state index in [-0.39, 0.29) is 26.3 Å². The maximum atomic E-state index is 13.3. The Labute approximate surface area is 139 Å². The predicted octanol–water partition coefficient (Wildman–Crippen LogP) is 4.28. The molecule has 2 aromatic rings. The molecule has 0 aromatic heterocycles. The number of hydrogen-bond acceptors (Lipinski definition) is 3. The minimum absolute atomic E-state index is 0.00434. The van der Waals surface area contributed by atoms with Crippen LogP contribution in [0, 0.1) is 5.82 Å². The maximum Gasteiger partial charge on any atom is 0.262 e. The fourth-order valence-electron chi connectivity index (χ4n) is 1.55. The fraction of sp³-hybridized carbons (Fsp3) is 0. The highest BCUT2D eigenvalue weighted by Gasteiger charge is 2.19. The molecule has 0 radical (unpaired) electrons. The first kappa shape index (κ1) is 16.4. The van der Waals surface area contributed by atoms with E-state index in [0.717, 1.165) is 18.2 Å². The van der Waals surface area contributed by atoms with Gasteiger partial charge < -0.3 is 5.73 Å². The molecule has 0 fully saturated rings. The molecule has 2 rings (SSSR count). The second-order valence-electron chi connectivity index (χ2n) is 4.05. The van der Waals surface area contributed by atoms with Gasteiger partial charge in [-0.25, -0.2) is 12.8 Å². The van der Waals surface area contributed by atoms with E-state index in [1.165, 1.54) is 12.1 Å². The van der Waals surface area contributed by atoms with Crippen molar-refractivity contribution in [1.29, 1.82) is 0 Å². The van der Waals surface area contributed by atoms with Gasteiger partial charge in [-0.1, -0.05) is 23.2 Å². The summed E-state index contributed by atoms with van der Waals surface area (Å²) in [7, 11) is -4.04. The van der Waals surface area contributed by atoms with Crippen LogP contribution in [0.1, 0.15) is 0 Å². The summed E-state index contributed by atoms with van der Waals surface area (Å²) in [6, 6.07) is 5.97. The van der Waals surface area contributed by atoms with Gasteiger partial charge in [0, 0.05) is 10.2 Å². The quantitative estimate of drug-likeness (QED) is 0.582. The highest BCUT2D eigenvalue weighted by Crippen LogP contribution is 2.36. The number of sulfonamides is 1. The van der Waals surface area contributed by atoms with E-state index in [4.69, 9.17) is 28.9 Å². The predicted molar refractivity (Wildman–Crippen MR) is 85.8 cm³/mol. The molecular formula is C12H8BrCl2FN2O2S. The lowest BCUT2D eigenvalue weighted by molar-refractivity contribution is 0.595. The minimum atomic E-state index is -4.04. The van der Waals surface area contributed by atoms with Crippen molar-refractivity contribution in [3.63, 3.8) is 0 Å². The SMILES string of the molecule is Nc1cc(F)cc(S(=O)(=O)Nc2ccc(Br)c(Cl)c2Cl)c1. The molecule has 21 heavy (non-hydrogen) atoms. The molecule has 0 spiro atoms. The summed E-state index contributed by atoms with van der Waals surface area (Å²) in [5, 5.41) is 0.189. The van der Waals surface area contributed by atoms with Crippen LogP contribution in [0.15, 0.2) is 39.7 Å². The van der Waals surface area contributed by atoms with Gasteiger partial charge in [-0.15, -0.1) is 0 Å². The molecule has 2 aromatic carbocycles. The van der Waals surface area contributed by atoms with Crippen LogP contribution in [0.3, 0.4) is 0 Å². The average molecular weight is 414 g/mol. The third kappa shape index (κ3) is 3.60. The molecule has 0 aliphatic heterocycles. The molecule has 0 amide bonds. The third-order valence-corrected chi connectivity index (χ3v) is 5.60. The highest BCUT2D eigenvalue weighted by molar-refractivity contribution is 9.10. The molecule has 9 heteroatoms. The van der Waals surface area contributed by atoms with Gasteiger partial charge in [-0.2, -0.15) is 0 Å². The number of halogens is 4. The zero-order valence-electron chi connectivity index (χ0n) is 10.2. The Morgan fingerprint density at radius 1 is 1.14 bits per heavy atom. The van der Waals surface area contributed by atoms with Crippen molar-refractivity contribution in [1.82, 2.24) is 0 Å². The number of nitrogens with two attached hydrogens (primary N) is 1. The Balaban J connectivity index is 2.45. The molecule has 0 bridgehead atoms. The number of nitrogen functional groups attached to an aromatic ring is 1. The number of rotatable bonds is 3. The number of nitrogens with one attached hydrogen (secondary N) is 1. The van der Waals surface area contributed by atoms with Gasteiger partial charge in [0.1, 0.15) is 5.82 Å². The Bertz CT molecular complexity index is 795. The van der Waals surface area contributed by atoms with Crippen LogP contribution in [0.2, 0.25) is 10.0 Å². The van der Waals surface area contributed by atoms with Crippen LogP contribution < -0.4 is 10.5 Å². The van der Waals surface area contributed by atoms with Crippen LogP contribution in [0.4, 0.5) is 15.8 Å². The molecule has 0 atom stereocenters. The Hall–Kier alpha value is -1.02. The summed E-state index contributed by atoms with van der Waals surface area (Å²) in [5.41, 5.74) is 5.51. The van der Waals surface area contributed by atoms with Crippen molar-refractivity contribution in [3.05, 3.63) is 50.7 Å². The van der Waals surface area contributed by atoms with Crippen LogP contribution in [-0.4, -0.2) is 8.42 Å². The van der Waals surface area contributed by atoms with Crippen molar-refractivity contribution in [3.8, 4) is 0 Å². The summed E-state index contributed by atoms with van der Waals surface area (Å²) in [6.45, 7) is 0. The summed E-state index contributed by atoms with van der Waals surface area (Å²) in [6.07, 6.45) is 0. The minimum Gasteiger partial charge on any atom is -0.399 e. The molecule has 0 unspecified atom stereocenters. The first-order valence-electron chi connectivity index (χ1n) is 5.43. The topological polar surface area (TPSA) is 72.2 Å². The molecular weight excluding hydrogens is 406 g/mol. The molecule has 0 saturated heterocycles. The summed E-state index contributed by atoms with van der Waals surface area (Å²) in [4.78, 5) is -0.310. The molecule has 0 saturated carbocycles. The second-order valence-corrected chi connectivity index (χ2v) is 7.34. The van der Waals surface area contributed by atoms with Gasteiger partial charge in [0.15, 0.2) is 0 Å². The lowest BCUT2D eigenvalue weighted by Gasteiger charge is -2.11. The molecule has 4 nitrogen and oxygen atoms in total. The normalized spacial score (nSPS) is 11.4. The van der Waals surface area contributed by atoms with Gasteiger partial charge in [0.25, 0.3) is 10.0 Å². The van der Waals surface area contributed by atoms with E-state index < -0.39 is 15.8 Å². The van der Waals surface area contributed by atoms with Crippen LogP contribution >= 0.6 is 39.1 Å². The second kappa shape index (κ2) is 6.00. The smallest absolute Gasteiger partial charge is 0.262 e. The van der Waals surface area contributed by atoms with E-state index in [9.17, 15) is 12.8 Å². The van der Waals surface area contributed by atoms with Crippen molar-refractivity contribution < 1.29 is 12.8 Å². The van der Waals surface area contributed by atoms with Crippen LogP contribution in [-0.2, 0) is 10.0 Å². The first-order chi connectivity index (χ1) is 9.70. The first-order valence-corrected chi connectivity index (χ1v) is 8.46. The Kier molecular flexibility index (Phi) is 4.67. The van der Waals surface area contributed by atoms with Crippen molar-refractivity contribution in [2.24, 2.45) is 0 Å². The van der Waals surface area contributed by atoms with Gasteiger partial charge in [-0.05, 0) is 46.3 Å². The fourth-order valence-corrected chi connectivity index (χ4v) is 3.56. The average Bonchev–Trinajstić information content (AvgIpc) is 2.38. The molecule has 0 aliphatic rings. The lowest BCUT2D eigenvalue weighted by atomic mass is 10.3.